The first kappa shape index (κ1) is 10.9. The Morgan fingerprint density at radius 2 is 2.12 bits per heavy atom. The number of rotatable bonds is 3. The molecule has 2 rings (SSSR count). The molecule has 1 heterocycles. The highest BCUT2D eigenvalue weighted by atomic mass is 16.3. The van der Waals surface area contributed by atoms with Crippen molar-refractivity contribution in [1.29, 1.82) is 0 Å². The van der Waals surface area contributed by atoms with E-state index in [9.17, 15) is 5.11 Å². The smallest absolute Gasteiger partial charge is 0.137 e. The number of aliphatic hydroxyl groups excluding tert-OH is 1. The maximum Gasteiger partial charge on any atom is 0.137 e. The van der Waals surface area contributed by atoms with Crippen LogP contribution in [0.3, 0.4) is 0 Å². The maximum atomic E-state index is 10.1. The molecule has 0 spiro atoms. The Balaban J connectivity index is 2.17. The van der Waals surface area contributed by atoms with Crippen molar-refractivity contribution in [3.8, 4) is 0 Å². The van der Waals surface area contributed by atoms with Crippen molar-refractivity contribution < 1.29 is 5.11 Å². The van der Waals surface area contributed by atoms with Gasteiger partial charge in [0.05, 0.1) is 0 Å². The van der Waals surface area contributed by atoms with Crippen molar-refractivity contribution in [1.82, 2.24) is 9.55 Å². The normalized spacial score (nSPS) is 12.7. The van der Waals surface area contributed by atoms with Crippen LogP contribution in [0.2, 0.25) is 0 Å². The summed E-state index contributed by atoms with van der Waals surface area (Å²) >= 11 is 0. The maximum absolute atomic E-state index is 10.1. The number of imidazole rings is 1. The zero-order valence-corrected chi connectivity index (χ0v) is 9.59. The van der Waals surface area contributed by atoms with E-state index in [4.69, 9.17) is 0 Å². The molecule has 0 saturated heterocycles. The molecule has 3 nitrogen and oxygen atoms in total. The Labute approximate surface area is 95.4 Å². The van der Waals surface area contributed by atoms with Crippen LogP contribution in [0.5, 0.6) is 0 Å². The first-order chi connectivity index (χ1) is 7.68. The second kappa shape index (κ2) is 4.49. The fourth-order valence-corrected chi connectivity index (χ4v) is 1.84. The molecule has 0 saturated carbocycles. The number of aliphatic hydroxyl groups is 1. The highest BCUT2D eigenvalue weighted by molar-refractivity contribution is 5.26. The van der Waals surface area contributed by atoms with Crippen LogP contribution in [0.25, 0.3) is 0 Å². The molecule has 1 unspecified atom stereocenters. The minimum absolute atomic E-state index is 0.541. The van der Waals surface area contributed by atoms with Gasteiger partial charge in [-0.3, -0.25) is 0 Å². The van der Waals surface area contributed by atoms with E-state index in [-0.39, 0.29) is 0 Å². The van der Waals surface area contributed by atoms with Gasteiger partial charge in [-0.2, -0.15) is 0 Å². The van der Waals surface area contributed by atoms with Gasteiger partial charge in [0.15, 0.2) is 0 Å². The van der Waals surface area contributed by atoms with Crippen molar-refractivity contribution in [2.45, 2.75) is 19.4 Å². The standard InChI is InChI=1S/C13H16N2O/c1-10-5-3-4-6-11(10)9-12(16)13-14-7-8-15(13)2/h3-8,12,16H,9H2,1-2H3. The van der Waals surface area contributed by atoms with Crippen LogP contribution in [-0.2, 0) is 13.5 Å². The van der Waals surface area contributed by atoms with Gasteiger partial charge in [-0.05, 0) is 18.1 Å². The molecule has 1 atom stereocenters. The van der Waals surface area contributed by atoms with Crippen LogP contribution in [-0.4, -0.2) is 14.7 Å². The third kappa shape index (κ3) is 2.14. The monoisotopic (exact) mass is 216 g/mol. The summed E-state index contributed by atoms with van der Waals surface area (Å²) < 4.78 is 1.85. The predicted octanol–water partition coefficient (Wildman–Crippen LogP) is 2.00. The minimum Gasteiger partial charge on any atom is -0.385 e. The Kier molecular flexibility index (Phi) is 3.06. The second-order valence-electron chi connectivity index (χ2n) is 4.04. The van der Waals surface area contributed by atoms with E-state index in [0.29, 0.717) is 12.2 Å². The predicted molar refractivity (Wildman–Crippen MR) is 63.1 cm³/mol. The van der Waals surface area contributed by atoms with E-state index >= 15 is 0 Å². The largest absolute Gasteiger partial charge is 0.385 e. The molecule has 0 bridgehead atoms. The van der Waals surface area contributed by atoms with Crippen LogP contribution >= 0.6 is 0 Å². The lowest BCUT2D eigenvalue weighted by Crippen LogP contribution is -2.09. The number of hydrogen-bond acceptors (Lipinski definition) is 2. The lowest BCUT2D eigenvalue weighted by atomic mass is 10.0. The van der Waals surface area contributed by atoms with E-state index in [0.717, 1.165) is 5.56 Å². The van der Waals surface area contributed by atoms with Gasteiger partial charge in [0.1, 0.15) is 11.9 Å². The summed E-state index contributed by atoms with van der Waals surface area (Å²) in [5, 5.41) is 10.1. The molecule has 1 N–H and O–H groups in total. The topological polar surface area (TPSA) is 38.1 Å². The summed E-state index contributed by atoms with van der Waals surface area (Å²) in [6.07, 6.45) is 3.62. The lowest BCUT2D eigenvalue weighted by Gasteiger charge is -2.12. The van der Waals surface area contributed by atoms with Gasteiger partial charge >= 0.3 is 0 Å². The van der Waals surface area contributed by atoms with Gasteiger partial charge in [0, 0.05) is 25.9 Å². The molecular formula is C13H16N2O. The SMILES string of the molecule is Cc1ccccc1CC(O)c1nccn1C. The van der Waals surface area contributed by atoms with Crippen LogP contribution in [0.1, 0.15) is 23.1 Å². The molecule has 16 heavy (non-hydrogen) atoms. The average Bonchev–Trinajstić information content (AvgIpc) is 2.68. The number of aromatic nitrogens is 2. The average molecular weight is 216 g/mol. The Bertz CT molecular complexity index is 476. The first-order valence-corrected chi connectivity index (χ1v) is 5.38. The van der Waals surface area contributed by atoms with Crippen LogP contribution in [0.4, 0.5) is 0 Å². The van der Waals surface area contributed by atoms with Gasteiger partial charge in [-0.15, -0.1) is 0 Å². The molecule has 3 heteroatoms. The fraction of sp³-hybridized carbons (Fsp3) is 0.308. The van der Waals surface area contributed by atoms with Crippen LogP contribution in [0, 0.1) is 6.92 Å². The molecule has 0 aliphatic carbocycles. The Morgan fingerprint density at radius 1 is 1.38 bits per heavy atom. The Hall–Kier alpha value is -1.61. The summed E-state index contributed by atoms with van der Waals surface area (Å²) in [7, 11) is 1.89. The van der Waals surface area contributed by atoms with Gasteiger partial charge < -0.3 is 9.67 Å². The third-order valence-electron chi connectivity index (χ3n) is 2.83. The molecule has 0 aliphatic rings. The van der Waals surface area contributed by atoms with Gasteiger partial charge in [-0.1, -0.05) is 24.3 Å². The number of aryl methyl sites for hydroxylation is 2. The Morgan fingerprint density at radius 3 is 2.75 bits per heavy atom. The van der Waals surface area contributed by atoms with E-state index < -0.39 is 6.10 Å². The van der Waals surface area contributed by atoms with Gasteiger partial charge in [-0.25, -0.2) is 4.98 Å². The summed E-state index contributed by atoms with van der Waals surface area (Å²) in [6.45, 7) is 2.06. The number of nitrogens with zero attached hydrogens (tertiary/aromatic N) is 2. The van der Waals surface area contributed by atoms with Crippen molar-refractivity contribution in [2.75, 3.05) is 0 Å². The van der Waals surface area contributed by atoms with Crippen molar-refractivity contribution in [3.63, 3.8) is 0 Å². The first-order valence-electron chi connectivity index (χ1n) is 5.38. The highest BCUT2D eigenvalue weighted by Gasteiger charge is 2.13. The summed E-state index contributed by atoms with van der Waals surface area (Å²) in [4.78, 5) is 4.15. The molecule has 2 aromatic rings. The van der Waals surface area contributed by atoms with E-state index in [2.05, 4.69) is 18.0 Å². The van der Waals surface area contributed by atoms with E-state index in [1.54, 1.807) is 6.20 Å². The molecule has 0 amide bonds. The molecule has 0 radical (unpaired) electrons. The summed E-state index contributed by atoms with van der Waals surface area (Å²) in [6, 6.07) is 8.10. The molecule has 84 valence electrons. The van der Waals surface area contributed by atoms with Crippen LogP contribution < -0.4 is 0 Å². The summed E-state index contributed by atoms with van der Waals surface area (Å²) in [5.74, 6) is 0.711. The van der Waals surface area contributed by atoms with Crippen LogP contribution in [0.15, 0.2) is 36.7 Å². The molecule has 1 aromatic carbocycles. The van der Waals surface area contributed by atoms with Crippen molar-refractivity contribution in [2.24, 2.45) is 7.05 Å². The van der Waals surface area contributed by atoms with Crippen molar-refractivity contribution >= 4 is 0 Å². The van der Waals surface area contributed by atoms with Gasteiger partial charge in [0.2, 0.25) is 0 Å². The van der Waals surface area contributed by atoms with Crippen molar-refractivity contribution in [3.05, 3.63) is 53.6 Å². The molecule has 0 fully saturated rings. The van der Waals surface area contributed by atoms with Gasteiger partial charge in [0.25, 0.3) is 0 Å². The number of benzene rings is 1. The third-order valence-corrected chi connectivity index (χ3v) is 2.83. The molecule has 1 aromatic heterocycles. The molecule has 0 aliphatic heterocycles. The minimum atomic E-state index is -0.541. The zero-order valence-electron chi connectivity index (χ0n) is 9.59. The zero-order chi connectivity index (χ0) is 11.5. The van der Waals surface area contributed by atoms with E-state index in [1.165, 1.54) is 5.56 Å². The summed E-state index contributed by atoms with van der Waals surface area (Å²) in [5.41, 5.74) is 2.37. The lowest BCUT2D eigenvalue weighted by molar-refractivity contribution is 0.165. The molecular weight excluding hydrogens is 200 g/mol. The second-order valence-corrected chi connectivity index (χ2v) is 4.04. The highest BCUT2D eigenvalue weighted by Crippen LogP contribution is 2.18. The quantitative estimate of drug-likeness (QED) is 0.852. The van der Waals surface area contributed by atoms with E-state index in [1.807, 2.05) is 36.0 Å². The fourth-order valence-electron chi connectivity index (χ4n) is 1.84. The number of hydrogen-bond donors (Lipinski definition) is 1.